The van der Waals surface area contributed by atoms with Gasteiger partial charge in [0.05, 0.1) is 0 Å². The zero-order chi connectivity index (χ0) is 13.0. The zero-order valence-electron chi connectivity index (χ0n) is 11.6. The van der Waals surface area contributed by atoms with Crippen molar-refractivity contribution in [2.45, 2.75) is 39.5 Å². The highest BCUT2D eigenvalue weighted by atomic mass is 32.1. The van der Waals surface area contributed by atoms with Gasteiger partial charge in [-0.05, 0) is 38.8 Å². The van der Waals surface area contributed by atoms with Gasteiger partial charge in [-0.1, -0.05) is 13.8 Å². The molecule has 1 saturated heterocycles. The van der Waals surface area contributed by atoms with E-state index in [0.717, 1.165) is 43.1 Å². The Morgan fingerprint density at radius 3 is 2.67 bits per heavy atom. The highest BCUT2D eigenvalue weighted by molar-refractivity contribution is 7.09. The van der Waals surface area contributed by atoms with Crippen molar-refractivity contribution in [2.24, 2.45) is 5.92 Å². The van der Waals surface area contributed by atoms with Gasteiger partial charge in [0.1, 0.15) is 5.82 Å². The maximum atomic E-state index is 4.66. The Kier molecular flexibility index (Phi) is 4.95. The van der Waals surface area contributed by atoms with E-state index in [9.17, 15) is 0 Å². The van der Waals surface area contributed by atoms with E-state index in [1.54, 1.807) is 11.5 Å². The molecule has 5 heteroatoms. The number of hydrogen-bond donors (Lipinski definition) is 1. The van der Waals surface area contributed by atoms with Crippen LogP contribution in [0.5, 0.6) is 0 Å². The molecule has 1 aliphatic heterocycles. The summed E-state index contributed by atoms with van der Waals surface area (Å²) < 4.78 is 4.45. The molecule has 2 rings (SSSR count). The van der Waals surface area contributed by atoms with Gasteiger partial charge in [0, 0.05) is 30.5 Å². The molecular formula is C13H24N4S. The van der Waals surface area contributed by atoms with Crippen molar-refractivity contribution in [1.82, 2.24) is 14.7 Å². The average molecular weight is 268 g/mol. The lowest BCUT2D eigenvalue weighted by Gasteiger charge is -2.28. The maximum Gasteiger partial charge on any atom is 0.205 e. The number of hydrogen-bond acceptors (Lipinski definition) is 5. The Bertz CT molecular complexity index is 358. The normalized spacial score (nSPS) is 17.3. The van der Waals surface area contributed by atoms with Gasteiger partial charge in [0.2, 0.25) is 5.13 Å². The van der Waals surface area contributed by atoms with Crippen LogP contribution in [0.25, 0.3) is 0 Å². The summed E-state index contributed by atoms with van der Waals surface area (Å²) in [6.45, 7) is 11.0. The minimum Gasteiger partial charge on any atom is -0.347 e. The Balaban J connectivity index is 1.98. The summed E-state index contributed by atoms with van der Waals surface area (Å²) in [5.74, 6) is 2.21. The van der Waals surface area contributed by atoms with E-state index in [2.05, 4.69) is 40.3 Å². The topological polar surface area (TPSA) is 41.0 Å². The third-order valence-corrected chi connectivity index (χ3v) is 4.33. The largest absolute Gasteiger partial charge is 0.347 e. The first-order chi connectivity index (χ1) is 8.70. The summed E-state index contributed by atoms with van der Waals surface area (Å²) in [5, 5.41) is 4.52. The summed E-state index contributed by atoms with van der Waals surface area (Å²) in [4.78, 5) is 7.05. The van der Waals surface area contributed by atoms with Crippen molar-refractivity contribution in [3.8, 4) is 0 Å². The molecule has 0 saturated carbocycles. The Morgan fingerprint density at radius 1 is 1.39 bits per heavy atom. The Morgan fingerprint density at radius 2 is 2.11 bits per heavy atom. The van der Waals surface area contributed by atoms with Crippen molar-refractivity contribution in [2.75, 3.05) is 31.1 Å². The van der Waals surface area contributed by atoms with Gasteiger partial charge in [-0.3, -0.25) is 0 Å². The van der Waals surface area contributed by atoms with Crippen LogP contribution in [0.1, 0.15) is 45.4 Å². The van der Waals surface area contributed by atoms with Crippen LogP contribution >= 0.6 is 11.5 Å². The number of rotatable bonds is 5. The van der Waals surface area contributed by atoms with Crippen molar-refractivity contribution in [1.29, 1.82) is 0 Å². The molecule has 0 aromatic carbocycles. The Labute approximate surface area is 114 Å². The van der Waals surface area contributed by atoms with Gasteiger partial charge in [-0.2, -0.15) is 4.37 Å². The fourth-order valence-corrected chi connectivity index (χ4v) is 3.19. The molecule has 1 aliphatic rings. The number of nitrogens with one attached hydrogen (secondary N) is 1. The van der Waals surface area contributed by atoms with E-state index in [1.165, 1.54) is 12.8 Å². The summed E-state index contributed by atoms with van der Waals surface area (Å²) in [6, 6.07) is 0. The van der Waals surface area contributed by atoms with Gasteiger partial charge < -0.3 is 10.2 Å². The van der Waals surface area contributed by atoms with Crippen LogP contribution in [0.3, 0.4) is 0 Å². The zero-order valence-corrected chi connectivity index (χ0v) is 12.5. The van der Waals surface area contributed by atoms with Crippen LogP contribution in [-0.4, -0.2) is 35.5 Å². The molecule has 102 valence electrons. The van der Waals surface area contributed by atoms with E-state index >= 15 is 0 Å². The van der Waals surface area contributed by atoms with Crippen molar-refractivity contribution >= 4 is 16.7 Å². The SMILES string of the molecule is CCN(CC1CCNCC1)c1nc(C(C)C)ns1. The monoisotopic (exact) mass is 268 g/mol. The Hall–Kier alpha value is -0.680. The summed E-state index contributed by atoms with van der Waals surface area (Å²) >= 11 is 1.55. The molecule has 0 unspecified atom stereocenters. The van der Waals surface area contributed by atoms with Gasteiger partial charge in [-0.15, -0.1) is 0 Å². The molecule has 4 nitrogen and oxygen atoms in total. The average Bonchev–Trinajstić information content (AvgIpc) is 2.87. The second-order valence-corrected chi connectivity index (χ2v) is 6.05. The third kappa shape index (κ3) is 3.42. The molecule has 0 bridgehead atoms. The van der Waals surface area contributed by atoms with Gasteiger partial charge in [0.25, 0.3) is 0 Å². The quantitative estimate of drug-likeness (QED) is 0.891. The van der Waals surface area contributed by atoms with Crippen LogP contribution in [0, 0.1) is 5.92 Å². The molecule has 0 spiro atoms. The minimum absolute atomic E-state index is 0.424. The van der Waals surface area contributed by atoms with Crippen molar-refractivity contribution < 1.29 is 0 Å². The predicted octanol–water partition coefficient (Wildman–Crippen LogP) is 2.49. The van der Waals surface area contributed by atoms with E-state index in [4.69, 9.17) is 0 Å². The van der Waals surface area contributed by atoms with Crippen LogP contribution < -0.4 is 10.2 Å². The van der Waals surface area contributed by atoms with E-state index in [0.29, 0.717) is 5.92 Å². The molecular weight excluding hydrogens is 244 g/mol. The van der Waals surface area contributed by atoms with Crippen molar-refractivity contribution in [3.05, 3.63) is 5.82 Å². The van der Waals surface area contributed by atoms with E-state index in [-0.39, 0.29) is 0 Å². The molecule has 0 aliphatic carbocycles. The van der Waals surface area contributed by atoms with Gasteiger partial charge in [0.15, 0.2) is 0 Å². The minimum atomic E-state index is 0.424. The first-order valence-electron chi connectivity index (χ1n) is 7.00. The standard InChI is InChI=1S/C13H24N4S/c1-4-17(9-11-5-7-14-8-6-11)13-15-12(10(2)3)16-18-13/h10-11,14H,4-9H2,1-3H3. The summed E-state index contributed by atoms with van der Waals surface area (Å²) in [5.41, 5.74) is 0. The maximum absolute atomic E-state index is 4.66. The van der Waals surface area contributed by atoms with E-state index < -0.39 is 0 Å². The first kappa shape index (κ1) is 13.7. The lowest BCUT2D eigenvalue weighted by molar-refractivity contribution is 0.374. The van der Waals surface area contributed by atoms with E-state index in [1.807, 2.05) is 0 Å². The fourth-order valence-electron chi connectivity index (χ4n) is 2.31. The third-order valence-electron chi connectivity index (χ3n) is 3.54. The lowest BCUT2D eigenvalue weighted by Crippen LogP contribution is -2.36. The van der Waals surface area contributed by atoms with Crippen LogP contribution in [0.2, 0.25) is 0 Å². The second kappa shape index (κ2) is 6.48. The molecule has 0 radical (unpaired) electrons. The molecule has 1 aromatic rings. The number of piperidine rings is 1. The van der Waals surface area contributed by atoms with Crippen LogP contribution in [0.15, 0.2) is 0 Å². The van der Waals surface area contributed by atoms with Crippen LogP contribution in [0.4, 0.5) is 5.13 Å². The molecule has 0 atom stereocenters. The summed E-state index contributed by atoms with van der Waals surface area (Å²) in [7, 11) is 0. The first-order valence-corrected chi connectivity index (χ1v) is 7.77. The molecule has 18 heavy (non-hydrogen) atoms. The number of anilines is 1. The molecule has 1 fully saturated rings. The highest BCUT2D eigenvalue weighted by Gasteiger charge is 2.19. The molecule has 2 heterocycles. The van der Waals surface area contributed by atoms with Crippen molar-refractivity contribution in [3.63, 3.8) is 0 Å². The van der Waals surface area contributed by atoms with Gasteiger partial charge >= 0.3 is 0 Å². The lowest BCUT2D eigenvalue weighted by atomic mass is 9.98. The second-order valence-electron chi connectivity index (χ2n) is 5.32. The summed E-state index contributed by atoms with van der Waals surface area (Å²) in [6.07, 6.45) is 2.57. The number of nitrogens with zero attached hydrogens (tertiary/aromatic N) is 3. The molecule has 0 amide bonds. The smallest absolute Gasteiger partial charge is 0.205 e. The fraction of sp³-hybridized carbons (Fsp3) is 0.846. The highest BCUT2D eigenvalue weighted by Crippen LogP contribution is 2.23. The van der Waals surface area contributed by atoms with Crippen LogP contribution in [-0.2, 0) is 0 Å². The number of aromatic nitrogens is 2. The van der Waals surface area contributed by atoms with Gasteiger partial charge in [-0.25, -0.2) is 4.98 Å². The molecule has 1 aromatic heterocycles. The molecule has 1 N–H and O–H groups in total. The predicted molar refractivity (Wildman–Crippen MR) is 77.5 cm³/mol.